The molecule has 0 bridgehead atoms. The van der Waals surface area contributed by atoms with E-state index >= 15 is 0 Å². The van der Waals surface area contributed by atoms with Crippen molar-refractivity contribution in [2.24, 2.45) is 0 Å². The van der Waals surface area contributed by atoms with Gasteiger partial charge < -0.3 is 20.0 Å². The molecular formula is C22H22N6O3. The quantitative estimate of drug-likeness (QED) is 0.422. The van der Waals surface area contributed by atoms with Crippen molar-refractivity contribution >= 4 is 23.5 Å². The second-order valence-electron chi connectivity index (χ2n) is 7.10. The number of hydrogen-bond donors (Lipinski definition) is 2. The smallest absolute Gasteiger partial charge is 0.274 e. The highest BCUT2D eigenvalue weighted by atomic mass is 16.5. The van der Waals surface area contributed by atoms with Crippen LogP contribution in [0.2, 0.25) is 0 Å². The standard InChI is InChI=1S/C22H22N6O3/c1-14-8-9-15(20-26-22(31-27-20)16(23-2)6-5-11-29)12-17(14)25-21(30)18-13-24-19-7-3-4-10-28(18)19/h3-4,7-13,16,23H,5-6H2,1-2H3,(H,25,30). The lowest BCUT2D eigenvalue weighted by molar-refractivity contribution is -0.108. The largest absolute Gasteiger partial charge is 0.337 e. The number of aromatic nitrogens is 4. The van der Waals surface area contributed by atoms with Gasteiger partial charge in [0.2, 0.25) is 11.7 Å². The van der Waals surface area contributed by atoms with Gasteiger partial charge in [0, 0.05) is 23.9 Å². The number of amides is 1. The first-order valence-corrected chi connectivity index (χ1v) is 9.89. The van der Waals surface area contributed by atoms with E-state index < -0.39 is 0 Å². The Hall–Kier alpha value is -3.85. The molecule has 4 aromatic rings. The third-order valence-corrected chi connectivity index (χ3v) is 5.06. The molecule has 3 aromatic heterocycles. The van der Waals surface area contributed by atoms with Gasteiger partial charge in [-0.2, -0.15) is 4.98 Å². The first-order chi connectivity index (χ1) is 15.1. The number of benzene rings is 1. The minimum Gasteiger partial charge on any atom is -0.337 e. The summed E-state index contributed by atoms with van der Waals surface area (Å²) >= 11 is 0. The second kappa shape index (κ2) is 8.88. The third kappa shape index (κ3) is 4.22. The van der Waals surface area contributed by atoms with Crippen molar-refractivity contribution in [1.29, 1.82) is 0 Å². The Labute approximate surface area is 178 Å². The molecule has 3 heterocycles. The first kappa shape index (κ1) is 20.4. The minimum absolute atomic E-state index is 0.203. The Bertz CT molecular complexity index is 1230. The number of anilines is 1. The zero-order valence-electron chi connectivity index (χ0n) is 17.2. The van der Waals surface area contributed by atoms with Crippen molar-refractivity contribution in [2.45, 2.75) is 25.8 Å². The van der Waals surface area contributed by atoms with Gasteiger partial charge >= 0.3 is 0 Å². The van der Waals surface area contributed by atoms with E-state index in [1.54, 1.807) is 23.8 Å². The van der Waals surface area contributed by atoms with Gasteiger partial charge in [-0.05, 0) is 44.2 Å². The second-order valence-corrected chi connectivity index (χ2v) is 7.10. The highest BCUT2D eigenvalue weighted by molar-refractivity contribution is 6.04. The number of nitrogens with one attached hydrogen (secondary N) is 2. The molecule has 9 heteroatoms. The van der Waals surface area contributed by atoms with Crippen molar-refractivity contribution in [3.05, 3.63) is 65.9 Å². The molecule has 0 aliphatic carbocycles. The van der Waals surface area contributed by atoms with Crippen LogP contribution in [0, 0.1) is 6.92 Å². The fourth-order valence-corrected chi connectivity index (χ4v) is 3.30. The lowest BCUT2D eigenvalue weighted by atomic mass is 10.1. The molecule has 31 heavy (non-hydrogen) atoms. The average Bonchev–Trinajstić information content (AvgIpc) is 3.43. The van der Waals surface area contributed by atoms with Crippen LogP contribution in [0.25, 0.3) is 17.0 Å². The molecule has 0 fully saturated rings. The molecule has 1 unspecified atom stereocenters. The summed E-state index contributed by atoms with van der Waals surface area (Å²) < 4.78 is 7.12. The lowest BCUT2D eigenvalue weighted by Crippen LogP contribution is -2.16. The number of aryl methyl sites for hydroxylation is 1. The van der Waals surface area contributed by atoms with Crippen LogP contribution in [0.4, 0.5) is 5.69 Å². The number of aldehydes is 1. The van der Waals surface area contributed by atoms with Crippen LogP contribution in [-0.2, 0) is 4.79 Å². The van der Waals surface area contributed by atoms with Crippen molar-refractivity contribution in [3.63, 3.8) is 0 Å². The van der Waals surface area contributed by atoms with Crippen molar-refractivity contribution in [1.82, 2.24) is 24.8 Å². The third-order valence-electron chi connectivity index (χ3n) is 5.06. The lowest BCUT2D eigenvalue weighted by Gasteiger charge is -2.10. The van der Waals surface area contributed by atoms with Crippen LogP contribution in [0.1, 0.15) is 40.8 Å². The Morgan fingerprint density at radius 1 is 1.29 bits per heavy atom. The van der Waals surface area contributed by atoms with Crippen LogP contribution in [0.3, 0.4) is 0 Å². The first-order valence-electron chi connectivity index (χ1n) is 9.89. The van der Waals surface area contributed by atoms with E-state index in [1.165, 1.54) is 0 Å². The number of nitrogens with zero attached hydrogens (tertiary/aromatic N) is 4. The van der Waals surface area contributed by atoms with Crippen LogP contribution >= 0.6 is 0 Å². The fraction of sp³-hybridized carbons (Fsp3) is 0.227. The maximum atomic E-state index is 12.9. The predicted molar refractivity (Wildman–Crippen MR) is 115 cm³/mol. The van der Waals surface area contributed by atoms with Gasteiger partial charge in [0.25, 0.3) is 5.91 Å². The predicted octanol–water partition coefficient (Wildman–Crippen LogP) is 3.18. The zero-order valence-corrected chi connectivity index (χ0v) is 17.2. The minimum atomic E-state index is -0.267. The summed E-state index contributed by atoms with van der Waals surface area (Å²) in [4.78, 5) is 32.2. The average molecular weight is 418 g/mol. The molecule has 1 aromatic carbocycles. The van der Waals surface area contributed by atoms with Gasteiger partial charge in [-0.25, -0.2) is 4.98 Å². The topological polar surface area (TPSA) is 114 Å². The van der Waals surface area contributed by atoms with Crippen LogP contribution in [-0.4, -0.2) is 38.8 Å². The fourth-order valence-electron chi connectivity index (χ4n) is 3.30. The van der Waals surface area contributed by atoms with E-state index in [2.05, 4.69) is 25.8 Å². The summed E-state index contributed by atoms with van der Waals surface area (Å²) in [5.41, 5.74) is 3.39. The molecule has 0 aliphatic heterocycles. The van der Waals surface area contributed by atoms with E-state index in [0.29, 0.717) is 47.1 Å². The number of carbonyl (C=O) groups excluding carboxylic acids is 2. The molecule has 9 nitrogen and oxygen atoms in total. The van der Waals surface area contributed by atoms with Crippen LogP contribution in [0.15, 0.2) is 53.3 Å². The molecular weight excluding hydrogens is 396 g/mol. The molecule has 0 radical (unpaired) electrons. The van der Waals surface area contributed by atoms with Gasteiger partial charge in [-0.3, -0.25) is 9.20 Å². The van der Waals surface area contributed by atoms with Gasteiger partial charge in [-0.15, -0.1) is 0 Å². The highest BCUT2D eigenvalue weighted by Crippen LogP contribution is 2.26. The Kier molecular flexibility index (Phi) is 5.85. The molecule has 1 atom stereocenters. The van der Waals surface area contributed by atoms with E-state index in [9.17, 15) is 9.59 Å². The Balaban J connectivity index is 1.58. The van der Waals surface area contributed by atoms with Gasteiger partial charge in [0.05, 0.1) is 12.2 Å². The number of hydrogen-bond acceptors (Lipinski definition) is 7. The SMILES string of the molecule is CNC(CCC=O)c1nc(-c2ccc(C)c(NC(=O)c3cnc4ccccn34)c2)no1. The van der Waals surface area contributed by atoms with Gasteiger partial charge in [0.15, 0.2) is 0 Å². The molecule has 1 amide bonds. The summed E-state index contributed by atoms with van der Waals surface area (Å²) in [5, 5.41) is 10.1. The van der Waals surface area contributed by atoms with E-state index in [1.807, 2.05) is 43.3 Å². The molecule has 0 aliphatic rings. The molecule has 0 saturated heterocycles. The number of pyridine rings is 1. The van der Waals surface area contributed by atoms with Crippen LogP contribution < -0.4 is 10.6 Å². The van der Waals surface area contributed by atoms with Gasteiger partial charge in [-0.1, -0.05) is 23.4 Å². The molecule has 4 rings (SSSR count). The summed E-state index contributed by atoms with van der Waals surface area (Å²) in [5.74, 6) is 0.555. The normalized spacial score (nSPS) is 12.1. The van der Waals surface area contributed by atoms with E-state index in [4.69, 9.17) is 4.52 Å². The Morgan fingerprint density at radius 2 is 2.16 bits per heavy atom. The van der Waals surface area contributed by atoms with Gasteiger partial charge in [0.1, 0.15) is 17.6 Å². The summed E-state index contributed by atoms with van der Waals surface area (Å²) in [7, 11) is 1.78. The molecule has 158 valence electrons. The Morgan fingerprint density at radius 3 is 2.97 bits per heavy atom. The molecule has 2 N–H and O–H groups in total. The van der Waals surface area contributed by atoms with Crippen LogP contribution in [0.5, 0.6) is 0 Å². The summed E-state index contributed by atoms with van der Waals surface area (Å²) in [6.45, 7) is 1.91. The van der Waals surface area contributed by atoms with E-state index in [0.717, 1.165) is 11.8 Å². The summed E-state index contributed by atoms with van der Waals surface area (Å²) in [6.07, 6.45) is 5.17. The maximum absolute atomic E-state index is 12.9. The molecule has 0 saturated carbocycles. The highest BCUT2D eigenvalue weighted by Gasteiger charge is 2.19. The van der Waals surface area contributed by atoms with Crippen molar-refractivity contribution < 1.29 is 14.1 Å². The monoisotopic (exact) mass is 418 g/mol. The number of fused-ring (bicyclic) bond motifs is 1. The summed E-state index contributed by atoms with van der Waals surface area (Å²) in [6, 6.07) is 10.9. The van der Waals surface area contributed by atoms with Crippen molar-refractivity contribution in [2.75, 3.05) is 12.4 Å². The maximum Gasteiger partial charge on any atom is 0.274 e. The zero-order chi connectivity index (χ0) is 21.8. The molecule has 0 spiro atoms. The van der Waals surface area contributed by atoms with E-state index in [-0.39, 0.29) is 11.9 Å². The number of rotatable bonds is 8. The van der Waals surface area contributed by atoms with Crippen molar-refractivity contribution in [3.8, 4) is 11.4 Å². The number of carbonyl (C=O) groups is 2. The number of imidazole rings is 1.